The molecule has 1 saturated heterocycles. The molecule has 1 aromatic rings. The first kappa shape index (κ1) is 13.4. The number of likely N-dealkylation sites (N-methyl/N-ethyl adjacent to an activating group) is 1. The molecule has 0 aliphatic carbocycles. The van der Waals surface area contributed by atoms with Gasteiger partial charge in [0.2, 0.25) is 11.8 Å². The van der Waals surface area contributed by atoms with Crippen LogP contribution in [0.15, 0.2) is 24.3 Å². The molecule has 0 bridgehead atoms. The van der Waals surface area contributed by atoms with E-state index in [2.05, 4.69) is 5.32 Å². The highest BCUT2D eigenvalue weighted by molar-refractivity contribution is 5.96. The summed E-state index contributed by atoms with van der Waals surface area (Å²) in [7, 11) is 3.28. The number of ether oxygens (including phenoxy) is 1. The lowest BCUT2D eigenvalue weighted by molar-refractivity contribution is -0.147. The standard InChI is InChI=1S/C14H18N2O3/c1-9-14(18)16(2)12(13(17)15-9)8-10-4-6-11(19-3)7-5-10/h4-7,9,12H,8H2,1-3H3,(H,15,17). The number of carbonyl (C=O) groups is 2. The lowest BCUT2D eigenvalue weighted by Crippen LogP contribution is -2.61. The zero-order valence-electron chi connectivity index (χ0n) is 11.3. The van der Waals surface area contributed by atoms with Crippen molar-refractivity contribution in [1.82, 2.24) is 10.2 Å². The Balaban J connectivity index is 2.12. The number of carbonyl (C=O) groups excluding carboxylic acids is 2. The van der Waals surface area contributed by atoms with Crippen LogP contribution in [0.3, 0.4) is 0 Å². The summed E-state index contributed by atoms with van der Waals surface area (Å²) in [6.45, 7) is 1.69. The van der Waals surface area contributed by atoms with E-state index in [1.807, 2.05) is 24.3 Å². The van der Waals surface area contributed by atoms with Gasteiger partial charge in [-0.3, -0.25) is 9.59 Å². The summed E-state index contributed by atoms with van der Waals surface area (Å²) in [5, 5.41) is 2.70. The average molecular weight is 262 g/mol. The smallest absolute Gasteiger partial charge is 0.245 e. The lowest BCUT2D eigenvalue weighted by Gasteiger charge is -2.35. The van der Waals surface area contributed by atoms with Crippen molar-refractivity contribution < 1.29 is 14.3 Å². The number of hydrogen-bond acceptors (Lipinski definition) is 3. The van der Waals surface area contributed by atoms with Crippen molar-refractivity contribution in [3.05, 3.63) is 29.8 Å². The van der Waals surface area contributed by atoms with E-state index in [9.17, 15) is 9.59 Å². The maximum absolute atomic E-state index is 12.0. The van der Waals surface area contributed by atoms with Crippen LogP contribution in [0.5, 0.6) is 5.75 Å². The van der Waals surface area contributed by atoms with Gasteiger partial charge in [0, 0.05) is 13.5 Å². The van der Waals surface area contributed by atoms with E-state index in [-0.39, 0.29) is 11.8 Å². The molecule has 1 heterocycles. The Labute approximate surface area is 112 Å². The quantitative estimate of drug-likeness (QED) is 0.867. The molecule has 2 unspecified atom stereocenters. The summed E-state index contributed by atoms with van der Waals surface area (Å²) in [4.78, 5) is 25.3. The van der Waals surface area contributed by atoms with Crippen LogP contribution >= 0.6 is 0 Å². The van der Waals surface area contributed by atoms with Crippen LogP contribution in [-0.4, -0.2) is 43.0 Å². The second-order valence-electron chi connectivity index (χ2n) is 4.75. The molecular formula is C14H18N2O3. The Morgan fingerprint density at radius 1 is 1.26 bits per heavy atom. The van der Waals surface area contributed by atoms with Crippen LogP contribution in [0, 0.1) is 0 Å². The number of piperazine rings is 1. The van der Waals surface area contributed by atoms with E-state index in [4.69, 9.17) is 4.74 Å². The molecule has 0 radical (unpaired) electrons. The minimum atomic E-state index is -0.447. The number of amides is 2. The topological polar surface area (TPSA) is 58.6 Å². The second kappa shape index (κ2) is 5.30. The first-order valence-electron chi connectivity index (χ1n) is 6.23. The molecule has 1 aromatic carbocycles. The number of rotatable bonds is 3. The van der Waals surface area contributed by atoms with E-state index in [0.717, 1.165) is 11.3 Å². The van der Waals surface area contributed by atoms with E-state index in [0.29, 0.717) is 6.42 Å². The van der Waals surface area contributed by atoms with E-state index < -0.39 is 12.1 Å². The highest BCUT2D eigenvalue weighted by Gasteiger charge is 2.35. The monoisotopic (exact) mass is 262 g/mol. The van der Waals surface area contributed by atoms with Gasteiger partial charge in [0.25, 0.3) is 0 Å². The molecule has 5 heteroatoms. The summed E-state index contributed by atoms with van der Waals surface area (Å²) >= 11 is 0. The van der Waals surface area contributed by atoms with Crippen molar-refractivity contribution in [1.29, 1.82) is 0 Å². The molecule has 0 aromatic heterocycles. The third kappa shape index (κ3) is 2.70. The Hall–Kier alpha value is -2.04. The van der Waals surface area contributed by atoms with Gasteiger partial charge >= 0.3 is 0 Å². The third-order valence-electron chi connectivity index (χ3n) is 3.44. The Morgan fingerprint density at radius 2 is 1.89 bits per heavy atom. The summed E-state index contributed by atoms with van der Waals surface area (Å²) in [5.41, 5.74) is 0.996. The minimum Gasteiger partial charge on any atom is -0.497 e. The summed E-state index contributed by atoms with van der Waals surface area (Å²) < 4.78 is 5.09. The molecule has 0 spiro atoms. The maximum atomic E-state index is 12.0. The zero-order chi connectivity index (χ0) is 14.0. The van der Waals surface area contributed by atoms with Crippen LogP contribution in [0.1, 0.15) is 12.5 Å². The van der Waals surface area contributed by atoms with Gasteiger partial charge in [0.15, 0.2) is 0 Å². The molecule has 102 valence electrons. The number of nitrogens with zero attached hydrogens (tertiary/aromatic N) is 1. The minimum absolute atomic E-state index is 0.0573. The van der Waals surface area contributed by atoms with Crippen LogP contribution in [0.25, 0.3) is 0 Å². The zero-order valence-corrected chi connectivity index (χ0v) is 11.3. The fourth-order valence-electron chi connectivity index (χ4n) is 2.22. The van der Waals surface area contributed by atoms with Gasteiger partial charge in [-0.25, -0.2) is 0 Å². The summed E-state index contributed by atoms with van der Waals surface area (Å²) in [6.07, 6.45) is 0.505. The summed E-state index contributed by atoms with van der Waals surface area (Å²) in [5.74, 6) is 0.610. The maximum Gasteiger partial charge on any atom is 0.245 e. The first-order valence-corrected chi connectivity index (χ1v) is 6.23. The van der Waals surface area contributed by atoms with Crippen molar-refractivity contribution >= 4 is 11.8 Å². The van der Waals surface area contributed by atoms with Gasteiger partial charge in [-0.1, -0.05) is 12.1 Å². The van der Waals surface area contributed by atoms with Crippen molar-refractivity contribution in [2.75, 3.05) is 14.2 Å². The van der Waals surface area contributed by atoms with E-state index >= 15 is 0 Å². The highest BCUT2D eigenvalue weighted by atomic mass is 16.5. The predicted octanol–water partition coefficient (Wildman–Crippen LogP) is 0.583. The molecule has 0 saturated carbocycles. The molecule has 2 amide bonds. The number of methoxy groups -OCH3 is 1. The van der Waals surface area contributed by atoms with E-state index in [1.165, 1.54) is 4.90 Å². The Bertz CT molecular complexity index is 484. The number of nitrogens with one attached hydrogen (secondary N) is 1. The van der Waals surface area contributed by atoms with Gasteiger partial charge in [-0.2, -0.15) is 0 Å². The van der Waals surface area contributed by atoms with Crippen molar-refractivity contribution in [3.63, 3.8) is 0 Å². The summed E-state index contributed by atoms with van der Waals surface area (Å²) in [6, 6.07) is 6.62. The number of benzene rings is 1. The van der Waals surface area contributed by atoms with Gasteiger partial charge in [0.05, 0.1) is 7.11 Å². The van der Waals surface area contributed by atoms with Gasteiger partial charge in [-0.15, -0.1) is 0 Å². The molecule has 2 rings (SSSR count). The Kier molecular flexibility index (Phi) is 3.74. The second-order valence-corrected chi connectivity index (χ2v) is 4.75. The van der Waals surface area contributed by atoms with E-state index in [1.54, 1.807) is 21.1 Å². The van der Waals surface area contributed by atoms with Gasteiger partial charge < -0.3 is 15.0 Å². The average Bonchev–Trinajstić information content (AvgIpc) is 2.42. The normalized spacial score (nSPS) is 23.2. The fourth-order valence-corrected chi connectivity index (χ4v) is 2.22. The SMILES string of the molecule is COc1ccc(CC2C(=O)NC(C)C(=O)N2C)cc1. The molecule has 19 heavy (non-hydrogen) atoms. The molecular weight excluding hydrogens is 244 g/mol. The van der Waals surface area contributed by atoms with Crippen LogP contribution in [0.4, 0.5) is 0 Å². The molecule has 1 fully saturated rings. The van der Waals surface area contributed by atoms with Crippen molar-refractivity contribution in [3.8, 4) is 5.75 Å². The Morgan fingerprint density at radius 3 is 2.47 bits per heavy atom. The van der Waals surface area contributed by atoms with Crippen molar-refractivity contribution in [2.24, 2.45) is 0 Å². The van der Waals surface area contributed by atoms with Gasteiger partial charge in [-0.05, 0) is 24.6 Å². The molecule has 1 aliphatic heterocycles. The molecule has 1 N–H and O–H groups in total. The fraction of sp³-hybridized carbons (Fsp3) is 0.429. The lowest BCUT2D eigenvalue weighted by atomic mass is 10.0. The van der Waals surface area contributed by atoms with Crippen molar-refractivity contribution in [2.45, 2.75) is 25.4 Å². The number of hydrogen-bond donors (Lipinski definition) is 1. The van der Waals surface area contributed by atoms with Crippen LogP contribution in [0.2, 0.25) is 0 Å². The molecule has 2 atom stereocenters. The molecule has 1 aliphatic rings. The first-order chi connectivity index (χ1) is 9.02. The van der Waals surface area contributed by atoms with Crippen LogP contribution < -0.4 is 10.1 Å². The van der Waals surface area contributed by atoms with Crippen LogP contribution in [-0.2, 0) is 16.0 Å². The van der Waals surface area contributed by atoms with Gasteiger partial charge in [0.1, 0.15) is 17.8 Å². The predicted molar refractivity (Wildman–Crippen MR) is 70.9 cm³/mol. The molecule has 5 nitrogen and oxygen atoms in total. The largest absolute Gasteiger partial charge is 0.497 e. The third-order valence-corrected chi connectivity index (χ3v) is 3.44. The highest BCUT2D eigenvalue weighted by Crippen LogP contribution is 2.16.